The van der Waals surface area contributed by atoms with Gasteiger partial charge in [0.05, 0.1) is 5.39 Å². The van der Waals surface area contributed by atoms with E-state index in [1.807, 2.05) is 35.2 Å². The summed E-state index contributed by atoms with van der Waals surface area (Å²) >= 11 is 1.68. The van der Waals surface area contributed by atoms with Crippen molar-refractivity contribution in [1.82, 2.24) is 14.9 Å². The van der Waals surface area contributed by atoms with Crippen LogP contribution in [0.2, 0.25) is 0 Å². The average Bonchev–Trinajstić information content (AvgIpc) is 3.40. The van der Waals surface area contributed by atoms with Gasteiger partial charge in [0, 0.05) is 30.9 Å². The number of thiophene rings is 1. The lowest BCUT2D eigenvalue weighted by Crippen LogP contribution is -2.24. The number of nitrogens with zero attached hydrogens (tertiary/aromatic N) is 3. The lowest BCUT2D eigenvalue weighted by Gasteiger charge is -2.18. The molecule has 0 radical (unpaired) electrons. The number of aromatic nitrogens is 2. The van der Waals surface area contributed by atoms with Gasteiger partial charge in [0.15, 0.2) is 0 Å². The van der Waals surface area contributed by atoms with Crippen molar-refractivity contribution in [2.24, 2.45) is 0 Å². The summed E-state index contributed by atoms with van der Waals surface area (Å²) in [5.41, 5.74) is 3.55. The highest BCUT2D eigenvalue weighted by molar-refractivity contribution is 7.21. The zero-order chi connectivity index (χ0) is 20.3. The van der Waals surface area contributed by atoms with Crippen LogP contribution in [0.15, 0.2) is 67.0 Å². The van der Waals surface area contributed by atoms with E-state index in [1.54, 1.807) is 17.7 Å². The smallest absolute Gasteiger partial charge is 0.222 e. The molecule has 1 saturated heterocycles. The van der Waals surface area contributed by atoms with Crippen molar-refractivity contribution in [3.05, 3.63) is 78.1 Å². The van der Waals surface area contributed by atoms with Gasteiger partial charge < -0.3 is 10.2 Å². The SMILES string of the molecule is O=C1CCCN1Cc1ccccc1CNc1ncnc2sc(-c3ccccc3)cc12. The maximum Gasteiger partial charge on any atom is 0.222 e. The molecule has 0 bridgehead atoms. The number of rotatable bonds is 6. The van der Waals surface area contributed by atoms with Crippen LogP contribution in [-0.4, -0.2) is 27.3 Å². The Morgan fingerprint density at radius 2 is 1.80 bits per heavy atom. The van der Waals surface area contributed by atoms with Gasteiger partial charge in [-0.25, -0.2) is 9.97 Å². The zero-order valence-corrected chi connectivity index (χ0v) is 17.4. The van der Waals surface area contributed by atoms with Crippen molar-refractivity contribution in [1.29, 1.82) is 0 Å². The van der Waals surface area contributed by atoms with E-state index in [1.165, 1.54) is 21.6 Å². The molecular weight excluding hydrogens is 392 g/mol. The first-order chi connectivity index (χ1) is 14.8. The Morgan fingerprint density at radius 3 is 2.60 bits per heavy atom. The van der Waals surface area contributed by atoms with Gasteiger partial charge in [0.1, 0.15) is 17.0 Å². The molecule has 1 amide bonds. The monoisotopic (exact) mass is 414 g/mol. The predicted molar refractivity (Wildman–Crippen MR) is 121 cm³/mol. The Morgan fingerprint density at radius 1 is 1.00 bits per heavy atom. The van der Waals surface area contributed by atoms with Crippen LogP contribution in [0.25, 0.3) is 20.7 Å². The van der Waals surface area contributed by atoms with Crippen LogP contribution in [0.4, 0.5) is 5.82 Å². The topological polar surface area (TPSA) is 58.1 Å². The van der Waals surface area contributed by atoms with E-state index >= 15 is 0 Å². The van der Waals surface area contributed by atoms with Crippen molar-refractivity contribution < 1.29 is 4.79 Å². The molecule has 1 aliphatic heterocycles. The Kier molecular flexibility index (Phi) is 5.15. The average molecular weight is 415 g/mol. The fraction of sp³-hybridized carbons (Fsp3) is 0.208. The van der Waals surface area contributed by atoms with E-state index < -0.39 is 0 Å². The Bertz CT molecular complexity index is 1190. The second-order valence-electron chi connectivity index (χ2n) is 7.46. The molecule has 0 aliphatic carbocycles. The van der Waals surface area contributed by atoms with E-state index in [9.17, 15) is 4.79 Å². The molecule has 150 valence electrons. The molecule has 1 N–H and O–H groups in total. The third kappa shape index (κ3) is 3.78. The quantitative estimate of drug-likeness (QED) is 0.477. The van der Waals surface area contributed by atoms with Gasteiger partial charge in [-0.2, -0.15) is 0 Å². The number of benzene rings is 2. The van der Waals surface area contributed by atoms with E-state index in [2.05, 4.69) is 45.6 Å². The zero-order valence-electron chi connectivity index (χ0n) is 16.5. The molecule has 6 heteroatoms. The van der Waals surface area contributed by atoms with Crippen molar-refractivity contribution >= 4 is 33.3 Å². The van der Waals surface area contributed by atoms with E-state index in [4.69, 9.17) is 0 Å². The van der Waals surface area contributed by atoms with Gasteiger partial charge in [-0.15, -0.1) is 11.3 Å². The number of carbonyl (C=O) groups is 1. The third-order valence-corrected chi connectivity index (χ3v) is 6.58. The molecule has 4 aromatic rings. The normalized spacial score (nSPS) is 13.9. The van der Waals surface area contributed by atoms with Crippen LogP contribution >= 0.6 is 11.3 Å². The van der Waals surface area contributed by atoms with E-state index in [0.717, 1.165) is 29.0 Å². The van der Waals surface area contributed by atoms with Crippen molar-refractivity contribution in [2.45, 2.75) is 25.9 Å². The fourth-order valence-electron chi connectivity index (χ4n) is 3.88. The van der Waals surface area contributed by atoms with E-state index in [-0.39, 0.29) is 5.91 Å². The summed E-state index contributed by atoms with van der Waals surface area (Å²) in [6.07, 6.45) is 3.24. The number of likely N-dealkylation sites (tertiary alicyclic amines) is 1. The number of hydrogen-bond donors (Lipinski definition) is 1. The molecule has 0 unspecified atom stereocenters. The number of carbonyl (C=O) groups excluding carboxylic acids is 1. The Labute approximate surface area is 179 Å². The fourth-order valence-corrected chi connectivity index (χ4v) is 4.89. The highest BCUT2D eigenvalue weighted by Crippen LogP contribution is 2.35. The summed E-state index contributed by atoms with van der Waals surface area (Å²) in [5.74, 6) is 1.09. The first-order valence-corrected chi connectivity index (χ1v) is 11.0. The van der Waals surface area contributed by atoms with Gasteiger partial charge in [0.2, 0.25) is 5.91 Å². The van der Waals surface area contributed by atoms with Crippen LogP contribution in [0.1, 0.15) is 24.0 Å². The summed E-state index contributed by atoms with van der Waals surface area (Å²) in [6, 6.07) is 20.8. The second-order valence-corrected chi connectivity index (χ2v) is 8.49. The van der Waals surface area contributed by atoms with Crippen molar-refractivity contribution in [2.75, 3.05) is 11.9 Å². The number of hydrogen-bond acceptors (Lipinski definition) is 5. The van der Waals surface area contributed by atoms with Crippen LogP contribution in [0.3, 0.4) is 0 Å². The molecule has 1 aliphatic rings. The summed E-state index contributed by atoms with van der Waals surface area (Å²) < 4.78 is 0. The second kappa shape index (κ2) is 8.24. The standard InChI is InChI=1S/C24H22N4OS/c29-22-11-6-12-28(22)15-19-10-5-4-9-18(19)14-25-23-20-13-21(17-7-2-1-3-8-17)30-24(20)27-16-26-23/h1-5,7-10,13,16H,6,11-12,14-15H2,(H,25,26,27). The number of fused-ring (bicyclic) bond motifs is 1. The molecule has 5 nitrogen and oxygen atoms in total. The largest absolute Gasteiger partial charge is 0.365 e. The summed E-state index contributed by atoms with van der Waals surface area (Å²) in [4.78, 5) is 25.1. The van der Waals surface area contributed by atoms with Gasteiger partial charge >= 0.3 is 0 Å². The van der Waals surface area contributed by atoms with Gasteiger partial charge in [-0.1, -0.05) is 54.6 Å². The molecule has 0 spiro atoms. The van der Waals surface area contributed by atoms with Gasteiger partial charge in [0.25, 0.3) is 0 Å². The van der Waals surface area contributed by atoms with Crippen LogP contribution in [0.5, 0.6) is 0 Å². The molecule has 2 aromatic heterocycles. The van der Waals surface area contributed by atoms with Gasteiger partial charge in [-0.3, -0.25) is 4.79 Å². The predicted octanol–water partition coefficient (Wildman–Crippen LogP) is 5.09. The third-order valence-electron chi connectivity index (χ3n) is 5.48. The molecule has 0 saturated carbocycles. The van der Waals surface area contributed by atoms with Crippen LogP contribution in [0, 0.1) is 0 Å². The summed E-state index contributed by atoms with van der Waals surface area (Å²) in [6.45, 7) is 2.18. The summed E-state index contributed by atoms with van der Waals surface area (Å²) in [7, 11) is 0. The Balaban J connectivity index is 1.38. The summed E-state index contributed by atoms with van der Waals surface area (Å²) in [5, 5.41) is 4.53. The molecule has 5 rings (SSSR count). The maximum absolute atomic E-state index is 12.0. The highest BCUT2D eigenvalue weighted by atomic mass is 32.1. The Hall–Kier alpha value is -3.25. The maximum atomic E-state index is 12.0. The van der Waals surface area contributed by atoms with Crippen molar-refractivity contribution in [3.8, 4) is 10.4 Å². The molecule has 1 fully saturated rings. The minimum atomic E-state index is 0.252. The number of anilines is 1. The minimum absolute atomic E-state index is 0.252. The first kappa shape index (κ1) is 18.8. The minimum Gasteiger partial charge on any atom is -0.365 e. The first-order valence-electron chi connectivity index (χ1n) is 10.2. The molecule has 30 heavy (non-hydrogen) atoms. The highest BCUT2D eigenvalue weighted by Gasteiger charge is 2.21. The molecule has 2 aromatic carbocycles. The van der Waals surface area contributed by atoms with Crippen LogP contribution in [-0.2, 0) is 17.9 Å². The van der Waals surface area contributed by atoms with Crippen molar-refractivity contribution in [3.63, 3.8) is 0 Å². The molecule has 0 atom stereocenters. The lowest BCUT2D eigenvalue weighted by molar-refractivity contribution is -0.128. The number of amides is 1. The lowest BCUT2D eigenvalue weighted by atomic mass is 10.1. The molecular formula is C24H22N4OS. The molecule has 3 heterocycles. The van der Waals surface area contributed by atoms with Gasteiger partial charge in [-0.05, 0) is 29.2 Å². The number of nitrogens with one attached hydrogen (secondary N) is 1. The van der Waals surface area contributed by atoms with Crippen LogP contribution < -0.4 is 5.32 Å². The van der Waals surface area contributed by atoms with E-state index in [0.29, 0.717) is 19.5 Å².